The third-order valence-electron chi connectivity index (χ3n) is 1.94. The summed E-state index contributed by atoms with van der Waals surface area (Å²) < 4.78 is 1.75. The van der Waals surface area contributed by atoms with Crippen LogP contribution in [0.1, 0.15) is 37.3 Å². The summed E-state index contributed by atoms with van der Waals surface area (Å²) in [4.78, 5) is 0. The molecule has 0 aromatic carbocycles. The Morgan fingerprint density at radius 3 is 2.75 bits per heavy atom. The summed E-state index contributed by atoms with van der Waals surface area (Å²) in [6.07, 6.45) is 1.44. The van der Waals surface area contributed by atoms with E-state index in [1.165, 1.54) is 0 Å². The van der Waals surface area contributed by atoms with E-state index in [0.717, 1.165) is 24.2 Å². The molecule has 0 aliphatic heterocycles. The largest absolute Gasteiger partial charge is 0.387 e. The van der Waals surface area contributed by atoms with E-state index in [9.17, 15) is 5.11 Å². The molecular formula is C9H16N2O. The summed E-state index contributed by atoms with van der Waals surface area (Å²) >= 11 is 0. The van der Waals surface area contributed by atoms with Gasteiger partial charge in [0.25, 0.3) is 0 Å². The molecule has 1 unspecified atom stereocenters. The summed E-state index contributed by atoms with van der Waals surface area (Å²) in [5.41, 5.74) is 1.87. The summed E-state index contributed by atoms with van der Waals surface area (Å²) in [5, 5.41) is 13.8. The number of aryl methyl sites for hydroxylation is 2. The molecule has 1 heterocycles. The quantitative estimate of drug-likeness (QED) is 0.743. The van der Waals surface area contributed by atoms with Crippen LogP contribution in [0.15, 0.2) is 6.07 Å². The molecule has 0 amide bonds. The number of aliphatic hydroxyl groups excluding tert-OH is 1. The van der Waals surface area contributed by atoms with Crippen molar-refractivity contribution < 1.29 is 5.11 Å². The predicted octanol–water partition coefficient (Wildman–Crippen LogP) is 1.56. The number of hydrogen-bond acceptors (Lipinski definition) is 2. The van der Waals surface area contributed by atoms with Crippen molar-refractivity contribution in [3.63, 3.8) is 0 Å². The molecule has 0 bridgehead atoms. The van der Waals surface area contributed by atoms with Gasteiger partial charge >= 0.3 is 0 Å². The van der Waals surface area contributed by atoms with E-state index in [1.807, 2.05) is 20.0 Å². The average Bonchev–Trinajstić information content (AvgIpc) is 2.30. The Morgan fingerprint density at radius 2 is 2.33 bits per heavy atom. The maximum Gasteiger partial charge on any atom is 0.0956 e. The first-order chi connectivity index (χ1) is 5.65. The minimum atomic E-state index is -0.360. The van der Waals surface area contributed by atoms with Gasteiger partial charge in [0, 0.05) is 7.05 Å². The number of aromatic nitrogens is 2. The molecule has 68 valence electrons. The summed E-state index contributed by atoms with van der Waals surface area (Å²) in [6.45, 7) is 3.99. The molecule has 3 nitrogen and oxygen atoms in total. The van der Waals surface area contributed by atoms with Crippen LogP contribution in [0, 0.1) is 6.92 Å². The van der Waals surface area contributed by atoms with Gasteiger partial charge in [-0.3, -0.25) is 4.68 Å². The monoisotopic (exact) mass is 168 g/mol. The molecule has 0 spiro atoms. The lowest BCUT2D eigenvalue weighted by atomic mass is 10.1. The maximum absolute atomic E-state index is 9.65. The van der Waals surface area contributed by atoms with Crippen LogP contribution >= 0.6 is 0 Å². The highest BCUT2D eigenvalue weighted by molar-refractivity contribution is 5.11. The molecule has 1 aromatic rings. The molecular weight excluding hydrogens is 152 g/mol. The van der Waals surface area contributed by atoms with E-state index in [1.54, 1.807) is 4.68 Å². The molecule has 0 aliphatic rings. The van der Waals surface area contributed by atoms with Crippen molar-refractivity contribution in [1.29, 1.82) is 0 Å². The van der Waals surface area contributed by atoms with Crippen molar-refractivity contribution >= 4 is 0 Å². The lowest BCUT2D eigenvalue weighted by Crippen LogP contribution is -2.04. The van der Waals surface area contributed by atoms with Crippen LogP contribution in [0.25, 0.3) is 0 Å². The topological polar surface area (TPSA) is 38.1 Å². The predicted molar refractivity (Wildman–Crippen MR) is 47.8 cm³/mol. The molecule has 0 radical (unpaired) electrons. The summed E-state index contributed by atoms with van der Waals surface area (Å²) in [5.74, 6) is 0. The van der Waals surface area contributed by atoms with Gasteiger partial charge in [0.05, 0.1) is 17.5 Å². The Labute approximate surface area is 73.0 Å². The van der Waals surface area contributed by atoms with Crippen LogP contribution in [0.4, 0.5) is 0 Å². The highest BCUT2D eigenvalue weighted by Crippen LogP contribution is 2.17. The van der Waals surface area contributed by atoms with Crippen molar-refractivity contribution in [2.75, 3.05) is 0 Å². The second kappa shape index (κ2) is 3.72. The molecule has 1 aromatic heterocycles. The van der Waals surface area contributed by atoms with Gasteiger partial charge in [0.2, 0.25) is 0 Å². The van der Waals surface area contributed by atoms with E-state index < -0.39 is 0 Å². The van der Waals surface area contributed by atoms with E-state index in [0.29, 0.717) is 0 Å². The number of rotatable bonds is 3. The standard InChI is InChI=1S/C9H16N2O/c1-4-5-9(12)8-6-7(2)10-11(8)3/h6,9,12H,4-5H2,1-3H3. The fourth-order valence-electron chi connectivity index (χ4n) is 1.36. The Balaban J connectivity index is 2.79. The van der Waals surface area contributed by atoms with Crippen LogP contribution in [-0.2, 0) is 7.05 Å². The zero-order valence-corrected chi connectivity index (χ0v) is 7.91. The first-order valence-corrected chi connectivity index (χ1v) is 4.33. The Bertz CT molecular complexity index is 255. The Kier molecular flexibility index (Phi) is 2.87. The molecule has 1 N–H and O–H groups in total. The lowest BCUT2D eigenvalue weighted by molar-refractivity contribution is 0.157. The molecule has 1 rings (SSSR count). The SMILES string of the molecule is CCCC(O)c1cc(C)nn1C. The van der Waals surface area contributed by atoms with E-state index in [-0.39, 0.29) is 6.10 Å². The van der Waals surface area contributed by atoms with Crippen molar-refractivity contribution in [3.05, 3.63) is 17.5 Å². The van der Waals surface area contributed by atoms with Gasteiger partial charge in [-0.2, -0.15) is 5.10 Å². The van der Waals surface area contributed by atoms with Gasteiger partial charge in [0.1, 0.15) is 0 Å². The molecule has 12 heavy (non-hydrogen) atoms. The minimum absolute atomic E-state index is 0.360. The fourth-order valence-corrected chi connectivity index (χ4v) is 1.36. The average molecular weight is 168 g/mol. The minimum Gasteiger partial charge on any atom is -0.387 e. The lowest BCUT2D eigenvalue weighted by Gasteiger charge is -2.08. The highest BCUT2D eigenvalue weighted by Gasteiger charge is 2.10. The van der Waals surface area contributed by atoms with Gasteiger partial charge in [-0.15, -0.1) is 0 Å². The summed E-state index contributed by atoms with van der Waals surface area (Å²) in [7, 11) is 1.86. The maximum atomic E-state index is 9.65. The third kappa shape index (κ3) is 1.85. The number of nitrogens with zero attached hydrogens (tertiary/aromatic N) is 2. The zero-order valence-electron chi connectivity index (χ0n) is 7.91. The first-order valence-electron chi connectivity index (χ1n) is 4.33. The smallest absolute Gasteiger partial charge is 0.0956 e. The summed E-state index contributed by atoms with van der Waals surface area (Å²) in [6, 6.07) is 1.93. The van der Waals surface area contributed by atoms with Gasteiger partial charge in [0.15, 0.2) is 0 Å². The highest BCUT2D eigenvalue weighted by atomic mass is 16.3. The van der Waals surface area contributed by atoms with E-state index in [4.69, 9.17) is 0 Å². The fraction of sp³-hybridized carbons (Fsp3) is 0.667. The second-order valence-electron chi connectivity index (χ2n) is 3.14. The normalized spacial score (nSPS) is 13.3. The van der Waals surface area contributed by atoms with Gasteiger partial charge in [-0.1, -0.05) is 13.3 Å². The molecule has 0 fully saturated rings. The second-order valence-corrected chi connectivity index (χ2v) is 3.14. The van der Waals surface area contributed by atoms with Crippen molar-refractivity contribution in [2.45, 2.75) is 32.8 Å². The van der Waals surface area contributed by atoms with Crippen molar-refractivity contribution in [1.82, 2.24) is 9.78 Å². The van der Waals surface area contributed by atoms with Crippen LogP contribution in [0.3, 0.4) is 0 Å². The molecule has 1 atom stereocenters. The first kappa shape index (κ1) is 9.26. The zero-order chi connectivity index (χ0) is 9.14. The van der Waals surface area contributed by atoms with Crippen molar-refractivity contribution in [2.24, 2.45) is 7.05 Å². The van der Waals surface area contributed by atoms with Crippen LogP contribution in [0.2, 0.25) is 0 Å². The van der Waals surface area contributed by atoms with Crippen LogP contribution < -0.4 is 0 Å². The molecule has 0 aliphatic carbocycles. The third-order valence-corrected chi connectivity index (χ3v) is 1.94. The number of aliphatic hydroxyl groups is 1. The van der Waals surface area contributed by atoms with E-state index >= 15 is 0 Å². The van der Waals surface area contributed by atoms with Crippen LogP contribution in [0.5, 0.6) is 0 Å². The number of hydrogen-bond donors (Lipinski definition) is 1. The molecule has 3 heteroatoms. The van der Waals surface area contributed by atoms with Crippen LogP contribution in [-0.4, -0.2) is 14.9 Å². The molecule has 0 saturated carbocycles. The van der Waals surface area contributed by atoms with Crippen molar-refractivity contribution in [3.8, 4) is 0 Å². The van der Waals surface area contributed by atoms with E-state index in [2.05, 4.69) is 12.0 Å². The van der Waals surface area contributed by atoms with Gasteiger partial charge < -0.3 is 5.11 Å². The Hall–Kier alpha value is -0.830. The Morgan fingerprint density at radius 1 is 1.67 bits per heavy atom. The molecule has 0 saturated heterocycles. The van der Waals surface area contributed by atoms with Gasteiger partial charge in [-0.05, 0) is 19.4 Å². The van der Waals surface area contributed by atoms with Gasteiger partial charge in [-0.25, -0.2) is 0 Å².